The lowest BCUT2D eigenvalue weighted by Crippen LogP contribution is -2.31. The van der Waals surface area contributed by atoms with E-state index in [0.29, 0.717) is 22.8 Å². The lowest BCUT2D eigenvalue weighted by molar-refractivity contribution is 0.0935. The third-order valence-electron chi connectivity index (χ3n) is 3.21. The maximum atomic E-state index is 13.1. The van der Waals surface area contributed by atoms with E-state index in [9.17, 15) is 9.18 Å². The molecular weight excluding hydrogens is 297 g/mol. The molecule has 0 aliphatic carbocycles. The number of hydrogen-bond donors (Lipinski definition) is 1. The quantitative estimate of drug-likeness (QED) is 0.803. The van der Waals surface area contributed by atoms with Gasteiger partial charge in [-0.05, 0) is 50.2 Å². The topological polar surface area (TPSA) is 60.1 Å². The fourth-order valence-corrected chi connectivity index (χ4v) is 2.20. The van der Waals surface area contributed by atoms with Crippen LogP contribution in [-0.4, -0.2) is 21.7 Å². The van der Waals surface area contributed by atoms with Crippen molar-refractivity contribution in [3.63, 3.8) is 0 Å². The van der Waals surface area contributed by atoms with E-state index >= 15 is 0 Å². The number of furan rings is 1. The maximum Gasteiger partial charge on any atom is 0.270 e. The average Bonchev–Trinajstić information content (AvgIpc) is 3.16. The van der Waals surface area contributed by atoms with Crippen LogP contribution in [0.1, 0.15) is 24.3 Å². The van der Waals surface area contributed by atoms with Gasteiger partial charge in [0, 0.05) is 12.1 Å². The first-order chi connectivity index (χ1) is 11.0. The molecule has 0 spiro atoms. The molecule has 6 heteroatoms. The lowest BCUT2D eigenvalue weighted by Gasteiger charge is -2.10. The van der Waals surface area contributed by atoms with Gasteiger partial charge in [0.2, 0.25) is 0 Å². The van der Waals surface area contributed by atoms with E-state index in [1.165, 1.54) is 16.8 Å². The molecule has 0 unspecified atom stereocenters. The molecule has 0 atom stereocenters. The van der Waals surface area contributed by atoms with Crippen LogP contribution in [0, 0.1) is 5.82 Å². The van der Waals surface area contributed by atoms with E-state index in [1.54, 1.807) is 36.6 Å². The van der Waals surface area contributed by atoms with Crippen molar-refractivity contribution in [1.29, 1.82) is 0 Å². The number of carbonyl (C=O) groups excluding carboxylic acids is 1. The van der Waals surface area contributed by atoms with E-state index in [1.807, 2.05) is 13.8 Å². The van der Waals surface area contributed by atoms with Crippen molar-refractivity contribution >= 4 is 5.91 Å². The molecule has 118 valence electrons. The van der Waals surface area contributed by atoms with Gasteiger partial charge in [-0.2, -0.15) is 5.10 Å². The van der Waals surface area contributed by atoms with Crippen molar-refractivity contribution in [3.8, 4) is 17.1 Å². The number of benzene rings is 1. The third kappa shape index (κ3) is 3.15. The van der Waals surface area contributed by atoms with E-state index < -0.39 is 0 Å². The summed E-state index contributed by atoms with van der Waals surface area (Å²) in [6.45, 7) is 3.76. The summed E-state index contributed by atoms with van der Waals surface area (Å²) in [5.41, 5.74) is 1.49. The normalized spacial score (nSPS) is 11.0. The highest BCUT2D eigenvalue weighted by atomic mass is 19.1. The minimum Gasteiger partial charge on any atom is -0.463 e. The zero-order valence-corrected chi connectivity index (χ0v) is 12.8. The lowest BCUT2D eigenvalue weighted by atomic mass is 10.2. The Morgan fingerprint density at radius 3 is 2.61 bits per heavy atom. The molecule has 1 amide bonds. The molecular formula is C17H16FN3O2. The Hall–Kier alpha value is -2.89. The first-order valence-electron chi connectivity index (χ1n) is 7.25. The van der Waals surface area contributed by atoms with Crippen molar-refractivity contribution in [1.82, 2.24) is 15.1 Å². The van der Waals surface area contributed by atoms with E-state index in [0.717, 1.165) is 0 Å². The van der Waals surface area contributed by atoms with Gasteiger partial charge in [-0.15, -0.1) is 0 Å². The second kappa shape index (κ2) is 6.08. The molecule has 2 aromatic heterocycles. The molecule has 0 aliphatic rings. The van der Waals surface area contributed by atoms with Crippen LogP contribution in [0.5, 0.6) is 0 Å². The van der Waals surface area contributed by atoms with Crippen LogP contribution in [-0.2, 0) is 0 Å². The molecule has 3 rings (SSSR count). The van der Waals surface area contributed by atoms with Crippen molar-refractivity contribution in [2.75, 3.05) is 0 Å². The number of amides is 1. The van der Waals surface area contributed by atoms with Crippen molar-refractivity contribution in [2.45, 2.75) is 19.9 Å². The van der Waals surface area contributed by atoms with E-state index in [4.69, 9.17) is 4.42 Å². The first kappa shape index (κ1) is 15.0. The van der Waals surface area contributed by atoms with Gasteiger partial charge in [0.1, 0.15) is 17.2 Å². The van der Waals surface area contributed by atoms with E-state index in [2.05, 4.69) is 10.4 Å². The van der Waals surface area contributed by atoms with Gasteiger partial charge >= 0.3 is 0 Å². The Labute approximate surface area is 132 Å². The van der Waals surface area contributed by atoms with Crippen molar-refractivity contribution in [2.24, 2.45) is 0 Å². The van der Waals surface area contributed by atoms with Gasteiger partial charge in [-0.25, -0.2) is 9.07 Å². The summed E-state index contributed by atoms with van der Waals surface area (Å²) in [4.78, 5) is 12.4. The molecule has 0 saturated heterocycles. The van der Waals surface area contributed by atoms with Crippen LogP contribution in [0.2, 0.25) is 0 Å². The third-order valence-corrected chi connectivity index (χ3v) is 3.21. The summed E-state index contributed by atoms with van der Waals surface area (Å²) in [6.07, 6.45) is 1.54. The number of nitrogens with zero attached hydrogens (tertiary/aromatic N) is 2. The van der Waals surface area contributed by atoms with Gasteiger partial charge in [-0.3, -0.25) is 4.79 Å². The number of aromatic nitrogens is 2. The number of nitrogens with one attached hydrogen (secondary N) is 1. The van der Waals surface area contributed by atoms with Crippen LogP contribution >= 0.6 is 0 Å². The molecule has 1 aromatic carbocycles. The van der Waals surface area contributed by atoms with E-state index in [-0.39, 0.29) is 17.8 Å². The maximum absolute atomic E-state index is 13.1. The first-order valence-corrected chi connectivity index (χ1v) is 7.25. The summed E-state index contributed by atoms with van der Waals surface area (Å²) >= 11 is 0. The number of rotatable bonds is 4. The van der Waals surface area contributed by atoms with Crippen LogP contribution in [0.3, 0.4) is 0 Å². The summed E-state index contributed by atoms with van der Waals surface area (Å²) < 4.78 is 20.0. The Bertz CT molecular complexity index is 805. The Morgan fingerprint density at radius 2 is 2.00 bits per heavy atom. The van der Waals surface area contributed by atoms with Gasteiger partial charge in [0.15, 0.2) is 5.76 Å². The SMILES string of the molecule is CC(C)NC(=O)c1cc(-c2ccco2)nn1-c1ccc(F)cc1. The van der Waals surface area contributed by atoms with Gasteiger partial charge in [0.05, 0.1) is 12.0 Å². The molecule has 23 heavy (non-hydrogen) atoms. The fraction of sp³-hybridized carbons (Fsp3) is 0.176. The second-order valence-corrected chi connectivity index (χ2v) is 5.41. The standard InChI is InChI=1S/C17H16FN3O2/c1-11(2)19-17(22)15-10-14(16-4-3-9-23-16)20-21(15)13-7-5-12(18)6-8-13/h3-11H,1-2H3,(H,19,22). The van der Waals surface area contributed by atoms with Gasteiger partial charge < -0.3 is 9.73 Å². The molecule has 5 nitrogen and oxygen atoms in total. The molecule has 1 N–H and O–H groups in total. The summed E-state index contributed by atoms with van der Waals surface area (Å²) in [5.74, 6) is -0.0422. The number of hydrogen-bond acceptors (Lipinski definition) is 3. The van der Waals surface area contributed by atoms with Gasteiger partial charge in [-0.1, -0.05) is 0 Å². The minimum atomic E-state index is -0.347. The highest BCUT2D eigenvalue weighted by Gasteiger charge is 2.19. The highest BCUT2D eigenvalue weighted by molar-refractivity contribution is 5.94. The minimum absolute atomic E-state index is 0.00821. The molecule has 0 radical (unpaired) electrons. The highest BCUT2D eigenvalue weighted by Crippen LogP contribution is 2.22. The fourth-order valence-electron chi connectivity index (χ4n) is 2.20. The van der Waals surface area contributed by atoms with Crippen LogP contribution in [0.15, 0.2) is 53.1 Å². The zero-order valence-electron chi connectivity index (χ0n) is 12.8. The second-order valence-electron chi connectivity index (χ2n) is 5.41. The van der Waals surface area contributed by atoms with Crippen LogP contribution < -0.4 is 5.32 Å². The van der Waals surface area contributed by atoms with Crippen molar-refractivity contribution in [3.05, 3.63) is 60.2 Å². The monoisotopic (exact) mass is 313 g/mol. The van der Waals surface area contributed by atoms with Crippen LogP contribution in [0.4, 0.5) is 4.39 Å². The molecule has 3 aromatic rings. The summed E-state index contributed by atoms with van der Waals surface area (Å²) in [5, 5.41) is 7.26. The Balaban J connectivity index is 2.08. The van der Waals surface area contributed by atoms with Crippen molar-refractivity contribution < 1.29 is 13.6 Å². The molecule has 0 fully saturated rings. The Morgan fingerprint density at radius 1 is 1.26 bits per heavy atom. The largest absolute Gasteiger partial charge is 0.463 e. The number of halogens is 1. The molecule has 0 bridgehead atoms. The molecule has 0 saturated carbocycles. The smallest absolute Gasteiger partial charge is 0.270 e. The zero-order chi connectivity index (χ0) is 16.4. The predicted octanol–water partition coefficient (Wildman–Crippen LogP) is 3.41. The van der Waals surface area contributed by atoms with Gasteiger partial charge in [0.25, 0.3) is 5.91 Å². The number of carbonyl (C=O) groups is 1. The summed E-state index contributed by atoms with van der Waals surface area (Å²) in [7, 11) is 0. The molecule has 2 heterocycles. The predicted molar refractivity (Wildman–Crippen MR) is 83.8 cm³/mol. The van der Waals surface area contributed by atoms with Crippen LogP contribution in [0.25, 0.3) is 17.1 Å². The Kier molecular flexibility index (Phi) is 3.97. The summed E-state index contributed by atoms with van der Waals surface area (Å²) in [6, 6.07) is 11.0. The molecule has 0 aliphatic heterocycles. The average molecular weight is 313 g/mol.